The Bertz CT molecular complexity index is 675. The van der Waals surface area contributed by atoms with Crippen LogP contribution in [0.4, 0.5) is 20.2 Å². The van der Waals surface area contributed by atoms with Crippen LogP contribution in [0, 0.1) is 18.6 Å². The number of carbonyl (C=O) groups is 1. The molecule has 110 valence electrons. The quantitative estimate of drug-likeness (QED) is 0.852. The Balaban J connectivity index is 1.96. The van der Waals surface area contributed by atoms with Gasteiger partial charge in [0.15, 0.2) is 18.2 Å². The second-order valence-electron chi connectivity index (χ2n) is 4.46. The third kappa shape index (κ3) is 3.68. The van der Waals surface area contributed by atoms with Crippen LogP contribution in [0.5, 0.6) is 5.75 Å². The average molecular weight is 292 g/mol. The van der Waals surface area contributed by atoms with Gasteiger partial charge in [-0.15, -0.1) is 0 Å². The van der Waals surface area contributed by atoms with Gasteiger partial charge in [-0.25, -0.2) is 8.78 Å². The number of halogens is 2. The Morgan fingerprint density at radius 2 is 2.05 bits per heavy atom. The lowest BCUT2D eigenvalue weighted by Gasteiger charge is -2.09. The molecule has 0 fully saturated rings. The summed E-state index contributed by atoms with van der Waals surface area (Å²) in [5, 5.41) is 2.48. The first-order chi connectivity index (χ1) is 9.97. The van der Waals surface area contributed by atoms with Gasteiger partial charge in [0.1, 0.15) is 5.82 Å². The number of amides is 1. The van der Waals surface area contributed by atoms with Gasteiger partial charge in [-0.2, -0.15) is 0 Å². The molecule has 1 amide bonds. The Labute approximate surface area is 120 Å². The van der Waals surface area contributed by atoms with Crippen LogP contribution >= 0.6 is 0 Å². The molecule has 0 unspecified atom stereocenters. The van der Waals surface area contributed by atoms with Crippen LogP contribution in [0.1, 0.15) is 5.56 Å². The number of hydrogen-bond acceptors (Lipinski definition) is 3. The lowest BCUT2D eigenvalue weighted by atomic mass is 10.2. The number of hydrogen-bond donors (Lipinski definition) is 2. The first kappa shape index (κ1) is 14.8. The van der Waals surface area contributed by atoms with Crippen molar-refractivity contribution in [3.8, 4) is 5.75 Å². The van der Waals surface area contributed by atoms with E-state index in [4.69, 9.17) is 10.5 Å². The van der Waals surface area contributed by atoms with Crippen LogP contribution in [0.3, 0.4) is 0 Å². The van der Waals surface area contributed by atoms with E-state index in [0.717, 1.165) is 6.07 Å². The zero-order chi connectivity index (χ0) is 15.4. The monoisotopic (exact) mass is 292 g/mol. The molecule has 2 rings (SSSR count). The highest BCUT2D eigenvalue weighted by Crippen LogP contribution is 2.20. The van der Waals surface area contributed by atoms with Crippen LogP contribution in [-0.2, 0) is 4.79 Å². The summed E-state index contributed by atoms with van der Waals surface area (Å²) in [6.07, 6.45) is 0. The molecule has 0 heterocycles. The second kappa shape index (κ2) is 6.21. The minimum atomic E-state index is -0.564. The van der Waals surface area contributed by atoms with Crippen molar-refractivity contribution < 1.29 is 18.3 Å². The van der Waals surface area contributed by atoms with E-state index in [2.05, 4.69) is 5.32 Å². The molecule has 3 N–H and O–H groups in total. The molecule has 21 heavy (non-hydrogen) atoms. The zero-order valence-electron chi connectivity index (χ0n) is 11.3. The normalized spacial score (nSPS) is 10.2. The molecule has 0 aromatic heterocycles. The predicted molar refractivity (Wildman–Crippen MR) is 76.1 cm³/mol. The number of benzene rings is 2. The summed E-state index contributed by atoms with van der Waals surface area (Å²) in [5.74, 6) is -1.56. The fraction of sp³-hybridized carbons (Fsp3) is 0.133. The van der Waals surface area contributed by atoms with Gasteiger partial charge in [0.05, 0.1) is 5.69 Å². The van der Waals surface area contributed by atoms with E-state index in [9.17, 15) is 13.6 Å². The molecule has 0 spiro atoms. The van der Waals surface area contributed by atoms with Crippen LogP contribution in [0.15, 0.2) is 36.4 Å². The van der Waals surface area contributed by atoms with Gasteiger partial charge in [0.2, 0.25) is 0 Å². The number of nitrogens with one attached hydrogen (secondary N) is 1. The Hall–Kier alpha value is -2.63. The molecule has 4 nitrogen and oxygen atoms in total. The molecule has 6 heteroatoms. The van der Waals surface area contributed by atoms with Crippen molar-refractivity contribution in [2.24, 2.45) is 0 Å². The number of nitrogen functional groups attached to an aromatic ring is 1. The van der Waals surface area contributed by atoms with Crippen LogP contribution in [0.25, 0.3) is 0 Å². The molecule has 0 atom stereocenters. The van der Waals surface area contributed by atoms with Crippen molar-refractivity contribution in [2.75, 3.05) is 17.7 Å². The van der Waals surface area contributed by atoms with Gasteiger partial charge in [-0.3, -0.25) is 4.79 Å². The topological polar surface area (TPSA) is 64.3 Å². The van der Waals surface area contributed by atoms with Gasteiger partial charge in [0.25, 0.3) is 5.91 Å². The van der Waals surface area contributed by atoms with E-state index in [1.165, 1.54) is 18.2 Å². The van der Waals surface area contributed by atoms with Gasteiger partial charge < -0.3 is 15.8 Å². The molecule has 2 aromatic carbocycles. The first-order valence-corrected chi connectivity index (χ1v) is 6.20. The smallest absolute Gasteiger partial charge is 0.262 e. The van der Waals surface area contributed by atoms with E-state index in [1.807, 2.05) is 0 Å². The molecule has 0 saturated carbocycles. The molecule has 0 radical (unpaired) electrons. The Morgan fingerprint density at radius 3 is 2.76 bits per heavy atom. The lowest BCUT2D eigenvalue weighted by Crippen LogP contribution is -2.20. The molecular formula is C15H14F2N2O2. The van der Waals surface area contributed by atoms with E-state index >= 15 is 0 Å². The van der Waals surface area contributed by atoms with Gasteiger partial charge >= 0.3 is 0 Å². The van der Waals surface area contributed by atoms with Crippen molar-refractivity contribution in [1.29, 1.82) is 0 Å². The summed E-state index contributed by atoms with van der Waals surface area (Å²) in [6, 6.07) is 8.48. The molecule has 0 aliphatic heterocycles. The van der Waals surface area contributed by atoms with Crippen LogP contribution in [0.2, 0.25) is 0 Å². The molecule has 0 aliphatic carbocycles. The summed E-state index contributed by atoms with van der Waals surface area (Å²) in [6.45, 7) is 1.24. The van der Waals surface area contributed by atoms with Crippen LogP contribution in [-0.4, -0.2) is 12.5 Å². The van der Waals surface area contributed by atoms with E-state index in [0.29, 0.717) is 11.3 Å². The number of aryl methyl sites for hydroxylation is 1. The average Bonchev–Trinajstić information content (AvgIpc) is 2.44. The highest BCUT2D eigenvalue weighted by Gasteiger charge is 2.09. The van der Waals surface area contributed by atoms with Gasteiger partial charge in [-0.1, -0.05) is 12.1 Å². The zero-order valence-corrected chi connectivity index (χ0v) is 11.3. The third-order valence-electron chi connectivity index (χ3n) is 2.79. The maximum absolute atomic E-state index is 13.7. The molecule has 0 bridgehead atoms. The molecule has 2 aromatic rings. The highest BCUT2D eigenvalue weighted by atomic mass is 19.1. The summed E-state index contributed by atoms with van der Waals surface area (Å²) in [4.78, 5) is 11.7. The third-order valence-corrected chi connectivity index (χ3v) is 2.79. The molecule has 0 aliphatic rings. The Morgan fingerprint density at radius 1 is 1.29 bits per heavy atom. The fourth-order valence-corrected chi connectivity index (χ4v) is 1.69. The molecular weight excluding hydrogens is 278 g/mol. The summed E-state index contributed by atoms with van der Waals surface area (Å²) >= 11 is 0. The second-order valence-corrected chi connectivity index (χ2v) is 4.46. The number of rotatable bonds is 4. The minimum absolute atomic E-state index is 0.00349. The van der Waals surface area contributed by atoms with E-state index in [-0.39, 0.29) is 18.0 Å². The van der Waals surface area contributed by atoms with Crippen molar-refractivity contribution in [2.45, 2.75) is 6.92 Å². The van der Waals surface area contributed by atoms with Crippen molar-refractivity contribution in [1.82, 2.24) is 0 Å². The predicted octanol–water partition coefficient (Wildman–Crippen LogP) is 2.87. The maximum Gasteiger partial charge on any atom is 0.262 e. The lowest BCUT2D eigenvalue weighted by molar-refractivity contribution is -0.118. The highest BCUT2D eigenvalue weighted by molar-refractivity contribution is 5.92. The van der Waals surface area contributed by atoms with Gasteiger partial charge in [0, 0.05) is 5.69 Å². The number of ether oxygens (including phenoxy) is 1. The molecule has 0 saturated heterocycles. The SMILES string of the molecule is Cc1cccc(OCC(=O)Nc2ccc(F)c(N)c2)c1F. The van der Waals surface area contributed by atoms with Gasteiger partial charge in [-0.05, 0) is 36.8 Å². The summed E-state index contributed by atoms with van der Waals surface area (Å²) in [7, 11) is 0. The largest absolute Gasteiger partial charge is 0.481 e. The van der Waals surface area contributed by atoms with E-state index in [1.54, 1.807) is 19.1 Å². The first-order valence-electron chi connectivity index (χ1n) is 6.20. The number of nitrogens with two attached hydrogens (primary N) is 1. The minimum Gasteiger partial charge on any atom is -0.481 e. The fourth-order valence-electron chi connectivity index (χ4n) is 1.69. The van der Waals surface area contributed by atoms with Crippen LogP contribution < -0.4 is 15.8 Å². The summed E-state index contributed by atoms with van der Waals surface area (Å²) in [5.41, 5.74) is 6.09. The van der Waals surface area contributed by atoms with Crippen molar-refractivity contribution in [3.63, 3.8) is 0 Å². The number of anilines is 2. The maximum atomic E-state index is 13.7. The van der Waals surface area contributed by atoms with E-state index < -0.39 is 17.5 Å². The standard InChI is InChI=1S/C15H14F2N2O2/c1-9-3-2-4-13(15(9)17)21-8-14(20)19-10-5-6-11(16)12(18)7-10/h2-7H,8,18H2,1H3,(H,19,20). The number of carbonyl (C=O) groups excluding carboxylic acids is 1. The Kier molecular flexibility index (Phi) is 4.37. The summed E-state index contributed by atoms with van der Waals surface area (Å²) < 4.78 is 31.8. The van der Waals surface area contributed by atoms with Crippen molar-refractivity contribution in [3.05, 3.63) is 53.6 Å². The van der Waals surface area contributed by atoms with Crippen molar-refractivity contribution >= 4 is 17.3 Å².